The molecule has 1 aliphatic rings. The maximum atomic E-state index is 13.8. The van der Waals surface area contributed by atoms with E-state index in [1.807, 2.05) is 32.9 Å². The van der Waals surface area contributed by atoms with Gasteiger partial charge in [0.2, 0.25) is 5.76 Å². The summed E-state index contributed by atoms with van der Waals surface area (Å²) in [6.07, 6.45) is 0. The summed E-state index contributed by atoms with van der Waals surface area (Å²) in [4.78, 5) is 29.2. The second-order valence-corrected chi connectivity index (χ2v) is 8.83. The smallest absolute Gasteiger partial charge is 0.295 e. The molecule has 190 valence electrons. The summed E-state index contributed by atoms with van der Waals surface area (Å²) >= 11 is 6.19. The third-order valence-electron chi connectivity index (χ3n) is 6.14. The number of rotatable bonds is 8. The Morgan fingerprint density at radius 3 is 2.24 bits per heavy atom. The van der Waals surface area contributed by atoms with Crippen LogP contribution in [0.25, 0.3) is 11.0 Å². The lowest BCUT2D eigenvalue weighted by molar-refractivity contribution is 0.0971. The number of anilines is 1. The number of benzene rings is 3. The molecule has 2 heterocycles. The summed E-state index contributed by atoms with van der Waals surface area (Å²) < 4.78 is 23.2. The first-order valence-corrected chi connectivity index (χ1v) is 12.6. The summed E-state index contributed by atoms with van der Waals surface area (Å²) in [5.41, 5.74) is 1.52. The zero-order valence-electron chi connectivity index (χ0n) is 20.7. The maximum absolute atomic E-state index is 13.8. The minimum atomic E-state index is -0.755. The Morgan fingerprint density at radius 1 is 0.838 bits per heavy atom. The third kappa shape index (κ3) is 4.40. The van der Waals surface area contributed by atoms with E-state index in [0.29, 0.717) is 64.3 Å². The van der Waals surface area contributed by atoms with Gasteiger partial charge in [0.1, 0.15) is 11.3 Å². The number of carbonyl (C=O) groups excluding carboxylic acids is 1. The van der Waals surface area contributed by atoms with Gasteiger partial charge in [0, 0.05) is 10.7 Å². The minimum absolute atomic E-state index is 0.00514. The van der Waals surface area contributed by atoms with Crippen LogP contribution in [-0.2, 0) is 0 Å². The molecular weight excluding hydrogens is 494 g/mol. The molecule has 4 aromatic rings. The van der Waals surface area contributed by atoms with Crippen molar-refractivity contribution in [2.75, 3.05) is 24.7 Å². The second kappa shape index (κ2) is 10.2. The molecule has 0 radical (unpaired) electrons. The van der Waals surface area contributed by atoms with Crippen molar-refractivity contribution in [3.05, 3.63) is 92.8 Å². The fourth-order valence-electron chi connectivity index (χ4n) is 4.63. The highest BCUT2D eigenvalue weighted by Gasteiger charge is 2.44. The number of ether oxygens (including phenoxy) is 3. The number of amides is 1. The van der Waals surface area contributed by atoms with E-state index in [9.17, 15) is 9.59 Å². The van der Waals surface area contributed by atoms with Crippen LogP contribution >= 0.6 is 11.6 Å². The molecule has 1 unspecified atom stereocenters. The predicted octanol–water partition coefficient (Wildman–Crippen LogP) is 6.39. The molecule has 37 heavy (non-hydrogen) atoms. The zero-order chi connectivity index (χ0) is 26.1. The van der Waals surface area contributed by atoms with E-state index < -0.39 is 11.9 Å². The van der Waals surface area contributed by atoms with Crippen LogP contribution < -0.4 is 24.5 Å². The fraction of sp³-hybridized carbons (Fsp3) is 0.241. The molecule has 0 fully saturated rings. The van der Waals surface area contributed by atoms with Gasteiger partial charge in [-0.3, -0.25) is 14.5 Å². The summed E-state index contributed by atoms with van der Waals surface area (Å²) in [6.45, 7) is 7.10. The predicted molar refractivity (Wildman–Crippen MR) is 143 cm³/mol. The molecule has 3 aromatic carbocycles. The van der Waals surface area contributed by atoms with Crippen molar-refractivity contribution in [1.82, 2.24) is 0 Å². The van der Waals surface area contributed by atoms with Crippen LogP contribution in [0.4, 0.5) is 5.69 Å². The van der Waals surface area contributed by atoms with Crippen LogP contribution in [0.1, 0.15) is 48.5 Å². The maximum Gasteiger partial charge on any atom is 0.295 e. The average Bonchev–Trinajstić information content (AvgIpc) is 3.19. The van der Waals surface area contributed by atoms with Crippen molar-refractivity contribution in [3.63, 3.8) is 0 Å². The van der Waals surface area contributed by atoms with Gasteiger partial charge in [-0.2, -0.15) is 0 Å². The van der Waals surface area contributed by atoms with E-state index in [1.54, 1.807) is 53.4 Å². The van der Waals surface area contributed by atoms with Crippen molar-refractivity contribution in [1.29, 1.82) is 0 Å². The Hall–Kier alpha value is -3.97. The fourth-order valence-corrected chi connectivity index (χ4v) is 4.81. The molecule has 0 bridgehead atoms. The molecule has 1 atom stereocenters. The number of fused-ring (bicyclic) bond motifs is 2. The summed E-state index contributed by atoms with van der Waals surface area (Å²) in [7, 11) is 0. The Kier molecular flexibility index (Phi) is 6.80. The first-order chi connectivity index (χ1) is 18.0. The first kappa shape index (κ1) is 24.7. The van der Waals surface area contributed by atoms with E-state index in [2.05, 4.69) is 0 Å². The van der Waals surface area contributed by atoms with Crippen LogP contribution in [0, 0.1) is 0 Å². The minimum Gasteiger partial charge on any atom is -0.494 e. The highest BCUT2D eigenvalue weighted by molar-refractivity contribution is 6.31. The van der Waals surface area contributed by atoms with Crippen LogP contribution in [0.3, 0.4) is 0 Å². The first-order valence-electron chi connectivity index (χ1n) is 12.2. The molecular formula is C29H26ClNO6. The van der Waals surface area contributed by atoms with Crippen molar-refractivity contribution >= 4 is 34.2 Å². The monoisotopic (exact) mass is 519 g/mol. The van der Waals surface area contributed by atoms with Gasteiger partial charge in [-0.25, -0.2) is 0 Å². The van der Waals surface area contributed by atoms with Gasteiger partial charge in [0.25, 0.3) is 5.91 Å². The Bertz CT molecular complexity index is 1530. The van der Waals surface area contributed by atoms with E-state index in [1.165, 1.54) is 0 Å². The summed E-state index contributed by atoms with van der Waals surface area (Å²) in [5, 5.41) is 0.720. The standard InChI is InChI=1S/C29H26ClNO6/c1-4-34-20-11-9-19(10-12-20)31-26(17-7-13-23(35-5-2)24(15-17)36-6-3)25-27(32)21-16-18(30)8-14-22(21)37-28(25)29(31)33/h7-16,26H,4-6H2,1-3H3. The Labute approximate surface area is 219 Å². The van der Waals surface area contributed by atoms with Crippen LogP contribution in [0.5, 0.6) is 17.2 Å². The number of nitrogens with zero attached hydrogens (tertiary/aromatic N) is 1. The van der Waals surface area contributed by atoms with Crippen molar-refractivity contribution in [2.24, 2.45) is 0 Å². The highest BCUT2D eigenvalue weighted by atomic mass is 35.5. The van der Waals surface area contributed by atoms with Crippen molar-refractivity contribution in [2.45, 2.75) is 26.8 Å². The quantitative estimate of drug-likeness (QED) is 0.268. The van der Waals surface area contributed by atoms with Crippen molar-refractivity contribution < 1.29 is 23.4 Å². The Morgan fingerprint density at radius 2 is 1.54 bits per heavy atom. The lowest BCUT2D eigenvalue weighted by atomic mass is 9.97. The van der Waals surface area contributed by atoms with Gasteiger partial charge >= 0.3 is 0 Å². The number of carbonyl (C=O) groups is 1. The van der Waals surface area contributed by atoms with Gasteiger partial charge in [-0.15, -0.1) is 0 Å². The number of hydrogen-bond donors (Lipinski definition) is 0. The van der Waals surface area contributed by atoms with Crippen LogP contribution in [0.15, 0.2) is 69.9 Å². The summed E-state index contributed by atoms with van der Waals surface area (Å²) in [5.74, 6) is 1.39. The molecule has 1 aliphatic heterocycles. The van der Waals surface area contributed by atoms with Crippen LogP contribution in [0.2, 0.25) is 5.02 Å². The molecule has 0 N–H and O–H groups in total. The molecule has 1 amide bonds. The summed E-state index contributed by atoms with van der Waals surface area (Å²) in [6, 6.07) is 16.6. The molecule has 0 aliphatic carbocycles. The molecule has 0 saturated carbocycles. The van der Waals surface area contributed by atoms with Gasteiger partial charge in [-0.1, -0.05) is 17.7 Å². The molecule has 5 rings (SSSR count). The lowest BCUT2D eigenvalue weighted by Gasteiger charge is -2.26. The van der Waals surface area contributed by atoms with E-state index in [0.717, 1.165) is 0 Å². The molecule has 7 nitrogen and oxygen atoms in total. The van der Waals surface area contributed by atoms with E-state index in [4.69, 9.17) is 30.2 Å². The van der Waals surface area contributed by atoms with Crippen molar-refractivity contribution in [3.8, 4) is 17.2 Å². The van der Waals surface area contributed by atoms with E-state index >= 15 is 0 Å². The molecule has 0 spiro atoms. The van der Waals surface area contributed by atoms with Gasteiger partial charge < -0.3 is 18.6 Å². The molecule has 1 aromatic heterocycles. The lowest BCUT2D eigenvalue weighted by Crippen LogP contribution is -2.29. The van der Waals surface area contributed by atoms with Gasteiger partial charge in [0.15, 0.2) is 16.9 Å². The van der Waals surface area contributed by atoms with Gasteiger partial charge in [0.05, 0.1) is 36.8 Å². The van der Waals surface area contributed by atoms with Crippen LogP contribution in [-0.4, -0.2) is 25.7 Å². The second-order valence-electron chi connectivity index (χ2n) is 8.39. The number of halogens is 1. The number of hydrogen-bond acceptors (Lipinski definition) is 6. The third-order valence-corrected chi connectivity index (χ3v) is 6.38. The molecule has 0 saturated heterocycles. The van der Waals surface area contributed by atoms with Gasteiger partial charge in [-0.05, 0) is 80.9 Å². The normalized spacial score (nSPS) is 14.6. The highest BCUT2D eigenvalue weighted by Crippen LogP contribution is 2.43. The SMILES string of the molecule is CCOc1ccc(N2C(=O)c3oc4ccc(Cl)cc4c(=O)c3C2c2ccc(OCC)c(OCC)c2)cc1. The molecule has 8 heteroatoms. The average molecular weight is 520 g/mol. The zero-order valence-corrected chi connectivity index (χ0v) is 21.5. The topological polar surface area (TPSA) is 78.2 Å². The van der Waals surface area contributed by atoms with E-state index in [-0.39, 0.29) is 16.8 Å². The Balaban J connectivity index is 1.74. The largest absolute Gasteiger partial charge is 0.494 e.